The highest BCUT2D eigenvalue weighted by molar-refractivity contribution is 5.91. The largest absolute Gasteiger partial charge is 0.462 e. The Labute approximate surface area is 74.2 Å². The average Bonchev–Trinajstić information content (AvgIpc) is 2.11. The van der Waals surface area contributed by atoms with Crippen LogP contribution in [0.4, 0.5) is 0 Å². The lowest BCUT2D eigenvalue weighted by atomic mass is 10.2. The van der Waals surface area contributed by atoms with Crippen molar-refractivity contribution in [1.29, 1.82) is 0 Å². The lowest BCUT2D eigenvalue weighted by molar-refractivity contribution is -0.138. The van der Waals surface area contributed by atoms with Crippen molar-refractivity contribution in [3.05, 3.63) is 37.5 Å². The molecule has 0 rings (SSSR count). The van der Waals surface area contributed by atoms with Gasteiger partial charge in [0.25, 0.3) is 0 Å². The third kappa shape index (κ3) is 5.47. The van der Waals surface area contributed by atoms with Crippen LogP contribution in [-0.2, 0) is 9.53 Å². The van der Waals surface area contributed by atoms with Crippen LogP contribution in [0.3, 0.4) is 0 Å². The van der Waals surface area contributed by atoms with Crippen molar-refractivity contribution in [2.24, 2.45) is 0 Å². The van der Waals surface area contributed by atoms with Gasteiger partial charge in [0.05, 0.1) is 12.2 Å². The van der Waals surface area contributed by atoms with Crippen LogP contribution in [0.2, 0.25) is 0 Å². The zero-order valence-electron chi connectivity index (χ0n) is 7.80. The topological polar surface area (TPSA) is 26.3 Å². The summed E-state index contributed by atoms with van der Waals surface area (Å²) in [5.74, 6) is -0.306. The van der Waals surface area contributed by atoms with E-state index < -0.39 is 0 Å². The molecule has 0 N–H and O–H groups in total. The summed E-state index contributed by atoms with van der Waals surface area (Å²) in [5, 5.41) is 0. The molecule has 0 unspecified atom stereocenters. The van der Waals surface area contributed by atoms with Crippen molar-refractivity contribution in [2.75, 3.05) is 6.61 Å². The number of carbonyl (C=O) groups excluding carboxylic acids is 1. The molecule has 0 saturated carbocycles. The van der Waals surface area contributed by atoms with Crippen LogP contribution in [0.5, 0.6) is 0 Å². The smallest absolute Gasteiger partial charge is 0.337 e. The molecule has 0 bridgehead atoms. The second-order valence-corrected chi connectivity index (χ2v) is 1.67. The van der Waals surface area contributed by atoms with Crippen molar-refractivity contribution in [3.63, 3.8) is 0 Å². The zero-order valence-corrected chi connectivity index (χ0v) is 7.80. The SMILES string of the molecule is C=C.C=C/C(=C\C)C(=O)OCC. The van der Waals surface area contributed by atoms with Gasteiger partial charge in [0.1, 0.15) is 0 Å². The summed E-state index contributed by atoms with van der Waals surface area (Å²) < 4.78 is 4.71. The van der Waals surface area contributed by atoms with Crippen LogP contribution >= 0.6 is 0 Å². The molecule has 0 spiro atoms. The van der Waals surface area contributed by atoms with Crippen molar-refractivity contribution < 1.29 is 9.53 Å². The zero-order chi connectivity index (χ0) is 9.98. The molecule has 0 aliphatic carbocycles. The van der Waals surface area contributed by atoms with Crippen LogP contribution in [0.25, 0.3) is 0 Å². The molecule has 2 nitrogen and oxygen atoms in total. The number of rotatable bonds is 3. The predicted molar refractivity (Wildman–Crippen MR) is 51.8 cm³/mol. The highest BCUT2D eigenvalue weighted by Crippen LogP contribution is 1.97. The summed E-state index contributed by atoms with van der Waals surface area (Å²) in [6, 6.07) is 0. The maximum Gasteiger partial charge on any atom is 0.337 e. The first-order valence-electron chi connectivity index (χ1n) is 3.72. The van der Waals surface area contributed by atoms with Crippen molar-refractivity contribution in [3.8, 4) is 0 Å². The van der Waals surface area contributed by atoms with Crippen LogP contribution < -0.4 is 0 Å². The molecule has 0 aromatic carbocycles. The summed E-state index contributed by atoms with van der Waals surface area (Å²) in [4.78, 5) is 10.8. The van der Waals surface area contributed by atoms with Gasteiger partial charge in [0.15, 0.2) is 0 Å². The van der Waals surface area contributed by atoms with Gasteiger partial charge in [-0.3, -0.25) is 0 Å². The van der Waals surface area contributed by atoms with E-state index in [9.17, 15) is 4.79 Å². The number of ether oxygens (including phenoxy) is 1. The molecule has 2 heteroatoms. The van der Waals surface area contributed by atoms with Crippen LogP contribution in [-0.4, -0.2) is 12.6 Å². The van der Waals surface area contributed by atoms with Gasteiger partial charge in [-0.1, -0.05) is 18.7 Å². The van der Waals surface area contributed by atoms with Crippen LogP contribution in [0.15, 0.2) is 37.5 Å². The van der Waals surface area contributed by atoms with Crippen LogP contribution in [0.1, 0.15) is 13.8 Å². The average molecular weight is 168 g/mol. The van der Waals surface area contributed by atoms with Gasteiger partial charge >= 0.3 is 5.97 Å². The quantitative estimate of drug-likeness (QED) is 0.280. The minimum absolute atomic E-state index is 0.306. The molecule has 68 valence electrons. The van der Waals surface area contributed by atoms with Gasteiger partial charge in [-0.05, 0) is 13.8 Å². The van der Waals surface area contributed by atoms with Gasteiger partial charge in [0, 0.05) is 0 Å². The van der Waals surface area contributed by atoms with Gasteiger partial charge in [0.2, 0.25) is 0 Å². The Balaban J connectivity index is 0. The van der Waals surface area contributed by atoms with E-state index in [1.807, 2.05) is 0 Å². The minimum Gasteiger partial charge on any atom is -0.462 e. The fourth-order valence-corrected chi connectivity index (χ4v) is 0.533. The van der Waals surface area contributed by atoms with E-state index >= 15 is 0 Å². The molecule has 0 fully saturated rings. The first-order valence-corrected chi connectivity index (χ1v) is 3.72. The number of hydrogen-bond acceptors (Lipinski definition) is 2. The van der Waals surface area contributed by atoms with Crippen molar-refractivity contribution in [2.45, 2.75) is 13.8 Å². The molecule has 0 amide bonds. The third-order valence-corrected chi connectivity index (χ3v) is 1.04. The highest BCUT2D eigenvalue weighted by Gasteiger charge is 2.02. The van der Waals surface area contributed by atoms with Crippen molar-refractivity contribution in [1.82, 2.24) is 0 Å². The van der Waals surface area contributed by atoms with Gasteiger partial charge in [-0.25, -0.2) is 4.79 Å². The predicted octanol–water partition coefficient (Wildman–Crippen LogP) is 2.48. The maximum absolute atomic E-state index is 10.8. The molecule has 0 radical (unpaired) electrons. The third-order valence-electron chi connectivity index (χ3n) is 1.04. The standard InChI is InChI=1S/C8H12O2.C2H4/c1-4-7(5-2)8(9)10-6-3;1-2/h4-5H,1,6H2,2-3H3;1-2H2/b7-5+;. The van der Waals surface area contributed by atoms with Crippen molar-refractivity contribution >= 4 is 5.97 Å². The lowest BCUT2D eigenvalue weighted by Crippen LogP contribution is -2.05. The number of carbonyl (C=O) groups is 1. The monoisotopic (exact) mass is 168 g/mol. The fourth-order valence-electron chi connectivity index (χ4n) is 0.533. The minimum atomic E-state index is -0.306. The second-order valence-electron chi connectivity index (χ2n) is 1.67. The Hall–Kier alpha value is -1.31. The van der Waals surface area contributed by atoms with E-state index in [1.165, 1.54) is 6.08 Å². The molecule has 0 aromatic rings. The van der Waals surface area contributed by atoms with E-state index in [1.54, 1.807) is 19.9 Å². The normalized spacial score (nSPS) is 9.33. The Morgan fingerprint density at radius 3 is 2.25 bits per heavy atom. The molecule has 0 saturated heterocycles. The summed E-state index contributed by atoms with van der Waals surface area (Å²) in [6.45, 7) is 13.4. The van der Waals surface area contributed by atoms with Crippen LogP contribution in [0, 0.1) is 0 Å². The fraction of sp³-hybridized carbons (Fsp3) is 0.300. The van der Waals surface area contributed by atoms with E-state index in [4.69, 9.17) is 4.74 Å². The van der Waals surface area contributed by atoms with Gasteiger partial charge in [-0.2, -0.15) is 0 Å². The molecular formula is C10H16O2. The second kappa shape index (κ2) is 9.69. The van der Waals surface area contributed by atoms with E-state index in [0.717, 1.165) is 0 Å². The summed E-state index contributed by atoms with van der Waals surface area (Å²) in [7, 11) is 0. The summed E-state index contributed by atoms with van der Waals surface area (Å²) >= 11 is 0. The molecule has 0 heterocycles. The number of allylic oxidation sites excluding steroid dienone is 1. The molecule has 0 aromatic heterocycles. The van der Waals surface area contributed by atoms with Gasteiger partial charge < -0.3 is 4.74 Å². The Morgan fingerprint density at radius 2 is 2.00 bits per heavy atom. The molecule has 12 heavy (non-hydrogen) atoms. The Kier molecular flexibility index (Phi) is 10.7. The first-order chi connectivity index (χ1) is 5.76. The lowest BCUT2D eigenvalue weighted by Gasteiger charge is -1.99. The first kappa shape index (κ1) is 13.3. The molecule has 0 aliphatic heterocycles. The number of esters is 1. The Bertz CT molecular complexity index is 169. The molecule has 0 aliphatic rings. The summed E-state index contributed by atoms with van der Waals surface area (Å²) in [5.41, 5.74) is 0.516. The molecule has 0 atom stereocenters. The Morgan fingerprint density at radius 1 is 1.50 bits per heavy atom. The molecular weight excluding hydrogens is 152 g/mol. The summed E-state index contributed by atoms with van der Waals surface area (Å²) in [6.07, 6.45) is 3.16. The maximum atomic E-state index is 10.8. The highest BCUT2D eigenvalue weighted by atomic mass is 16.5. The van der Waals surface area contributed by atoms with E-state index in [-0.39, 0.29) is 5.97 Å². The number of hydrogen-bond donors (Lipinski definition) is 0. The van der Waals surface area contributed by atoms with E-state index in [2.05, 4.69) is 19.7 Å². The van der Waals surface area contributed by atoms with E-state index in [0.29, 0.717) is 12.2 Å². The van der Waals surface area contributed by atoms with Gasteiger partial charge in [-0.15, -0.1) is 13.2 Å².